The van der Waals surface area contributed by atoms with Crippen LogP contribution in [0.2, 0.25) is 5.02 Å². The lowest BCUT2D eigenvalue weighted by Crippen LogP contribution is -2.40. The molecular weight excluding hydrogens is 362 g/mol. The van der Waals surface area contributed by atoms with Crippen LogP contribution in [0.5, 0.6) is 5.75 Å². The minimum absolute atomic E-state index is 0.0332. The highest BCUT2D eigenvalue weighted by Crippen LogP contribution is 2.35. The van der Waals surface area contributed by atoms with Crippen LogP contribution in [0.25, 0.3) is 22.0 Å². The van der Waals surface area contributed by atoms with E-state index in [9.17, 15) is 4.79 Å². The van der Waals surface area contributed by atoms with Crippen LogP contribution in [-0.2, 0) is 0 Å². The number of likely N-dealkylation sites (N-methyl/N-ethyl adjacent to an activating group) is 1. The van der Waals surface area contributed by atoms with E-state index in [0.717, 1.165) is 28.6 Å². The highest BCUT2D eigenvalue weighted by Gasteiger charge is 2.15. The number of nitrogens with one attached hydrogen (secondary N) is 1. The fraction of sp³-hybridized carbons (Fsp3) is 0.238. The smallest absolute Gasteiger partial charge is 0.408 e. The van der Waals surface area contributed by atoms with Gasteiger partial charge in [0.25, 0.3) is 0 Å². The Morgan fingerprint density at radius 3 is 2.52 bits per heavy atom. The van der Waals surface area contributed by atoms with Gasteiger partial charge >= 0.3 is 6.09 Å². The third-order valence-corrected chi connectivity index (χ3v) is 4.42. The molecule has 0 spiro atoms. The van der Waals surface area contributed by atoms with Crippen LogP contribution in [0, 0.1) is 0 Å². The SMILES string of the molecule is CC(CN(C)C)NC(=O)Oc1cnc(-c2ccccc2Cl)c2ccccc12. The number of pyridine rings is 1. The van der Waals surface area contributed by atoms with Crippen molar-refractivity contribution < 1.29 is 9.53 Å². The normalized spacial score (nSPS) is 12.2. The number of carbonyl (C=O) groups excluding carboxylic acids is 1. The predicted molar refractivity (Wildman–Crippen MR) is 109 cm³/mol. The predicted octanol–water partition coefficient (Wildman–Crippen LogP) is 4.59. The molecule has 0 fully saturated rings. The Hall–Kier alpha value is -2.63. The van der Waals surface area contributed by atoms with Crippen molar-refractivity contribution in [2.75, 3.05) is 20.6 Å². The topological polar surface area (TPSA) is 54.5 Å². The summed E-state index contributed by atoms with van der Waals surface area (Å²) in [6.45, 7) is 2.65. The molecule has 3 rings (SSSR count). The van der Waals surface area contributed by atoms with Gasteiger partial charge in [-0.25, -0.2) is 4.79 Å². The Balaban J connectivity index is 1.92. The number of benzene rings is 2. The van der Waals surface area contributed by atoms with Gasteiger partial charge in [0.15, 0.2) is 5.75 Å². The molecule has 0 aliphatic carbocycles. The number of fused-ring (bicyclic) bond motifs is 1. The van der Waals surface area contributed by atoms with E-state index in [-0.39, 0.29) is 6.04 Å². The summed E-state index contributed by atoms with van der Waals surface area (Å²) in [6.07, 6.45) is 1.07. The lowest BCUT2D eigenvalue weighted by Gasteiger charge is -2.18. The first-order chi connectivity index (χ1) is 13.0. The van der Waals surface area contributed by atoms with Gasteiger partial charge in [-0.1, -0.05) is 54.1 Å². The maximum absolute atomic E-state index is 12.3. The van der Waals surface area contributed by atoms with Crippen molar-refractivity contribution in [1.82, 2.24) is 15.2 Å². The highest BCUT2D eigenvalue weighted by molar-refractivity contribution is 6.33. The minimum atomic E-state index is -0.498. The molecule has 2 aromatic carbocycles. The maximum atomic E-state index is 12.3. The zero-order chi connectivity index (χ0) is 19.4. The fourth-order valence-corrected chi connectivity index (χ4v) is 3.27. The van der Waals surface area contributed by atoms with E-state index >= 15 is 0 Å². The summed E-state index contributed by atoms with van der Waals surface area (Å²) in [5, 5.41) is 5.13. The number of hydrogen-bond acceptors (Lipinski definition) is 4. The van der Waals surface area contributed by atoms with Gasteiger partial charge < -0.3 is 15.0 Å². The number of ether oxygens (including phenoxy) is 1. The molecule has 1 unspecified atom stereocenters. The molecule has 0 aliphatic rings. The average molecular weight is 384 g/mol. The second-order valence-electron chi connectivity index (χ2n) is 6.69. The number of halogens is 1. The summed E-state index contributed by atoms with van der Waals surface area (Å²) in [7, 11) is 3.91. The summed E-state index contributed by atoms with van der Waals surface area (Å²) in [5.74, 6) is 0.413. The standard InChI is InChI=1S/C21H22ClN3O2/c1-14(13-25(2)3)24-21(26)27-19-12-23-20(16-9-5-4-8-15(16)19)17-10-6-7-11-18(17)22/h4-12,14H,13H2,1-3H3,(H,24,26). The van der Waals surface area contributed by atoms with E-state index < -0.39 is 6.09 Å². The van der Waals surface area contributed by atoms with Crippen molar-refractivity contribution in [2.24, 2.45) is 0 Å². The zero-order valence-corrected chi connectivity index (χ0v) is 16.3. The highest BCUT2D eigenvalue weighted by atomic mass is 35.5. The molecule has 1 atom stereocenters. The van der Waals surface area contributed by atoms with E-state index in [1.807, 2.05) is 74.4 Å². The molecule has 0 bridgehead atoms. The molecule has 1 amide bonds. The Morgan fingerprint density at radius 1 is 1.15 bits per heavy atom. The lowest BCUT2D eigenvalue weighted by molar-refractivity contribution is 0.194. The quantitative estimate of drug-likeness (QED) is 0.699. The third-order valence-electron chi connectivity index (χ3n) is 4.09. The van der Waals surface area contributed by atoms with Crippen molar-refractivity contribution in [1.29, 1.82) is 0 Å². The molecule has 1 aromatic heterocycles. The van der Waals surface area contributed by atoms with E-state index in [1.165, 1.54) is 0 Å². The molecule has 1 heterocycles. The molecule has 5 nitrogen and oxygen atoms in total. The summed E-state index contributed by atoms with van der Waals surface area (Å²) in [4.78, 5) is 18.8. The van der Waals surface area contributed by atoms with Crippen molar-refractivity contribution >= 4 is 28.5 Å². The average Bonchev–Trinajstić information content (AvgIpc) is 2.62. The Morgan fingerprint density at radius 2 is 1.81 bits per heavy atom. The Labute approximate surface area is 163 Å². The number of nitrogens with zero attached hydrogens (tertiary/aromatic N) is 2. The third kappa shape index (κ3) is 4.56. The molecular formula is C21H22ClN3O2. The number of carbonyl (C=O) groups is 1. The van der Waals surface area contributed by atoms with Gasteiger partial charge in [-0.05, 0) is 27.1 Å². The van der Waals surface area contributed by atoms with Crippen LogP contribution >= 0.6 is 11.6 Å². The largest absolute Gasteiger partial charge is 0.412 e. The molecule has 6 heteroatoms. The van der Waals surface area contributed by atoms with Crippen LogP contribution in [0.1, 0.15) is 6.92 Å². The first kappa shape index (κ1) is 19.1. The van der Waals surface area contributed by atoms with Crippen LogP contribution in [0.15, 0.2) is 54.7 Å². The zero-order valence-electron chi connectivity index (χ0n) is 15.6. The Kier molecular flexibility index (Phi) is 5.94. The second-order valence-corrected chi connectivity index (χ2v) is 7.10. The van der Waals surface area contributed by atoms with Crippen molar-refractivity contribution in [3.63, 3.8) is 0 Å². The summed E-state index contributed by atoms with van der Waals surface area (Å²) in [6, 6.07) is 15.2. The molecule has 0 aliphatic heterocycles. The summed E-state index contributed by atoms with van der Waals surface area (Å²) < 4.78 is 5.54. The van der Waals surface area contributed by atoms with E-state index in [0.29, 0.717) is 10.8 Å². The van der Waals surface area contributed by atoms with Crippen LogP contribution < -0.4 is 10.1 Å². The first-order valence-corrected chi connectivity index (χ1v) is 9.09. The van der Waals surface area contributed by atoms with Crippen LogP contribution in [0.4, 0.5) is 4.79 Å². The van der Waals surface area contributed by atoms with Gasteiger partial charge in [0, 0.05) is 33.9 Å². The van der Waals surface area contributed by atoms with E-state index in [1.54, 1.807) is 6.20 Å². The van der Waals surface area contributed by atoms with Gasteiger partial charge in [0.1, 0.15) is 0 Å². The number of rotatable bonds is 5. The van der Waals surface area contributed by atoms with Gasteiger partial charge in [-0.15, -0.1) is 0 Å². The molecule has 3 aromatic rings. The van der Waals surface area contributed by atoms with E-state index in [4.69, 9.17) is 16.3 Å². The molecule has 140 valence electrons. The van der Waals surface area contributed by atoms with Crippen molar-refractivity contribution in [2.45, 2.75) is 13.0 Å². The summed E-state index contributed by atoms with van der Waals surface area (Å²) in [5.41, 5.74) is 1.59. The maximum Gasteiger partial charge on any atom is 0.412 e. The molecule has 0 saturated heterocycles. The molecule has 27 heavy (non-hydrogen) atoms. The molecule has 0 radical (unpaired) electrons. The molecule has 0 saturated carbocycles. The number of aromatic nitrogens is 1. The number of amides is 1. The monoisotopic (exact) mass is 383 g/mol. The van der Waals surface area contributed by atoms with Gasteiger partial charge in [0.2, 0.25) is 0 Å². The Bertz CT molecular complexity index is 959. The first-order valence-electron chi connectivity index (χ1n) is 8.71. The fourth-order valence-electron chi connectivity index (χ4n) is 3.04. The van der Waals surface area contributed by atoms with Gasteiger partial charge in [-0.3, -0.25) is 4.98 Å². The second kappa shape index (κ2) is 8.37. The van der Waals surface area contributed by atoms with E-state index in [2.05, 4.69) is 10.3 Å². The molecule has 1 N–H and O–H groups in total. The minimum Gasteiger partial charge on any atom is -0.408 e. The number of hydrogen-bond donors (Lipinski definition) is 1. The van der Waals surface area contributed by atoms with Crippen molar-refractivity contribution in [3.8, 4) is 17.0 Å². The lowest BCUT2D eigenvalue weighted by atomic mass is 10.0. The van der Waals surface area contributed by atoms with Crippen molar-refractivity contribution in [3.05, 3.63) is 59.8 Å². The summed E-state index contributed by atoms with van der Waals surface area (Å²) >= 11 is 6.34. The van der Waals surface area contributed by atoms with Gasteiger partial charge in [0.05, 0.1) is 11.9 Å². The van der Waals surface area contributed by atoms with Gasteiger partial charge in [-0.2, -0.15) is 0 Å². The van der Waals surface area contributed by atoms with Crippen LogP contribution in [0.3, 0.4) is 0 Å². The van der Waals surface area contributed by atoms with Crippen LogP contribution in [-0.4, -0.2) is 42.7 Å².